The predicted octanol–water partition coefficient (Wildman–Crippen LogP) is 4.15. The fourth-order valence-corrected chi connectivity index (χ4v) is 2.81. The molecule has 0 aliphatic heterocycles. The summed E-state index contributed by atoms with van der Waals surface area (Å²) in [4.78, 5) is 12.0. The number of carbonyl (C=O) groups excluding carboxylic acids is 1. The Kier molecular flexibility index (Phi) is 4.92. The molecule has 1 amide bonds. The maximum atomic E-state index is 12.0. The van der Waals surface area contributed by atoms with Crippen LogP contribution in [0, 0.1) is 13.8 Å². The van der Waals surface area contributed by atoms with E-state index in [1.807, 2.05) is 18.2 Å². The summed E-state index contributed by atoms with van der Waals surface area (Å²) in [7, 11) is 0. The van der Waals surface area contributed by atoms with Gasteiger partial charge in [-0.3, -0.25) is 4.79 Å². The monoisotopic (exact) mass is 376 g/mol. The Morgan fingerprint density at radius 1 is 1.28 bits per heavy atom. The van der Waals surface area contributed by atoms with Gasteiger partial charge in [0.05, 0.1) is 40.0 Å². The van der Waals surface area contributed by atoms with E-state index in [9.17, 15) is 4.79 Å². The molecule has 2 aromatic heterocycles. The van der Waals surface area contributed by atoms with Gasteiger partial charge in [-0.15, -0.1) is 0 Å². The Balaban J connectivity index is 1.83. The van der Waals surface area contributed by atoms with Crippen LogP contribution in [0.1, 0.15) is 27.4 Å². The minimum atomic E-state index is -0.366. The van der Waals surface area contributed by atoms with Crippen molar-refractivity contribution in [2.45, 2.75) is 13.8 Å². The lowest BCUT2D eigenvalue weighted by molar-refractivity contribution is 0.0953. The van der Waals surface area contributed by atoms with E-state index in [2.05, 4.69) is 15.6 Å². The van der Waals surface area contributed by atoms with E-state index in [-0.39, 0.29) is 5.91 Å². The zero-order chi connectivity index (χ0) is 18.0. The van der Waals surface area contributed by atoms with Crippen molar-refractivity contribution in [2.75, 3.05) is 0 Å². The summed E-state index contributed by atoms with van der Waals surface area (Å²) in [5.74, 6) is 0.156. The van der Waals surface area contributed by atoms with Crippen LogP contribution in [0.15, 0.2) is 46.1 Å². The molecule has 3 aromatic rings. The van der Waals surface area contributed by atoms with Gasteiger partial charge in [0.2, 0.25) is 0 Å². The van der Waals surface area contributed by atoms with Gasteiger partial charge in [0.1, 0.15) is 10.9 Å². The standard InChI is InChI=1S/C17H14Cl2N4O2/c1-10-13(9-20-21-17(24)12-7-8-25-11(12)2)16(19)23(22-10)15-6-4-3-5-14(15)18/h3-9H,1-2H3,(H,21,24)/b20-9+. The number of hydrogen-bond acceptors (Lipinski definition) is 4. The Morgan fingerprint density at radius 3 is 2.72 bits per heavy atom. The molecule has 0 spiro atoms. The number of rotatable bonds is 4. The second-order valence-corrected chi connectivity index (χ2v) is 6.01. The molecule has 0 saturated carbocycles. The number of nitrogens with zero attached hydrogens (tertiary/aromatic N) is 3. The Morgan fingerprint density at radius 2 is 2.04 bits per heavy atom. The van der Waals surface area contributed by atoms with Gasteiger partial charge in [0.15, 0.2) is 0 Å². The van der Waals surface area contributed by atoms with Crippen molar-refractivity contribution in [2.24, 2.45) is 5.10 Å². The van der Waals surface area contributed by atoms with Crippen molar-refractivity contribution in [3.63, 3.8) is 0 Å². The molecule has 0 atom stereocenters. The number of halogens is 2. The topological polar surface area (TPSA) is 72.4 Å². The van der Waals surface area contributed by atoms with Gasteiger partial charge in [-0.05, 0) is 32.0 Å². The fraction of sp³-hybridized carbons (Fsp3) is 0.118. The predicted molar refractivity (Wildman–Crippen MR) is 96.8 cm³/mol. The Labute approximate surface area is 154 Å². The molecule has 1 aromatic carbocycles. The van der Waals surface area contributed by atoms with Crippen molar-refractivity contribution in [1.82, 2.24) is 15.2 Å². The summed E-state index contributed by atoms with van der Waals surface area (Å²) >= 11 is 12.6. The average Bonchev–Trinajstić information content (AvgIpc) is 3.13. The third kappa shape index (κ3) is 3.45. The summed E-state index contributed by atoms with van der Waals surface area (Å²) in [6.07, 6.45) is 2.90. The highest BCUT2D eigenvalue weighted by molar-refractivity contribution is 6.34. The van der Waals surface area contributed by atoms with Crippen molar-refractivity contribution in [1.29, 1.82) is 0 Å². The lowest BCUT2D eigenvalue weighted by Gasteiger charge is -2.04. The number of furan rings is 1. The van der Waals surface area contributed by atoms with Crippen molar-refractivity contribution >= 4 is 35.3 Å². The summed E-state index contributed by atoms with van der Waals surface area (Å²) in [6.45, 7) is 3.50. The van der Waals surface area contributed by atoms with Crippen molar-refractivity contribution in [3.05, 3.63) is 69.4 Å². The minimum absolute atomic E-state index is 0.350. The summed E-state index contributed by atoms with van der Waals surface area (Å²) in [5, 5.41) is 9.21. The molecule has 0 bridgehead atoms. The summed E-state index contributed by atoms with van der Waals surface area (Å²) < 4.78 is 6.62. The number of hydrazone groups is 1. The first-order valence-corrected chi connectivity index (χ1v) is 8.12. The van der Waals surface area contributed by atoms with E-state index >= 15 is 0 Å². The molecule has 0 unspecified atom stereocenters. The van der Waals surface area contributed by atoms with Gasteiger partial charge in [-0.25, -0.2) is 10.1 Å². The van der Waals surface area contributed by atoms with Crippen LogP contribution < -0.4 is 5.43 Å². The van der Waals surface area contributed by atoms with Crippen LogP contribution in [-0.4, -0.2) is 21.9 Å². The molecule has 0 saturated heterocycles. The molecule has 0 radical (unpaired) electrons. The van der Waals surface area contributed by atoms with E-state index < -0.39 is 0 Å². The molecular formula is C17H14Cl2N4O2. The molecule has 6 nitrogen and oxygen atoms in total. The van der Waals surface area contributed by atoms with E-state index in [4.69, 9.17) is 27.6 Å². The quantitative estimate of drug-likeness (QED) is 0.548. The molecule has 3 rings (SSSR count). The lowest BCUT2D eigenvalue weighted by Crippen LogP contribution is -2.17. The highest BCUT2D eigenvalue weighted by Crippen LogP contribution is 2.26. The molecule has 0 fully saturated rings. The van der Waals surface area contributed by atoms with E-state index in [1.165, 1.54) is 17.2 Å². The Hall–Kier alpha value is -2.57. The van der Waals surface area contributed by atoms with E-state index in [0.29, 0.717) is 38.4 Å². The molecule has 128 valence electrons. The molecule has 8 heteroatoms. The average molecular weight is 377 g/mol. The third-order valence-electron chi connectivity index (χ3n) is 3.59. The zero-order valence-electron chi connectivity index (χ0n) is 13.5. The summed E-state index contributed by atoms with van der Waals surface area (Å²) in [6, 6.07) is 8.81. The van der Waals surface area contributed by atoms with E-state index in [1.54, 1.807) is 26.0 Å². The smallest absolute Gasteiger partial charge is 0.274 e. The largest absolute Gasteiger partial charge is 0.469 e. The van der Waals surface area contributed by atoms with Gasteiger partial charge in [-0.2, -0.15) is 10.2 Å². The zero-order valence-corrected chi connectivity index (χ0v) is 15.0. The molecule has 0 aliphatic carbocycles. The molecular weight excluding hydrogens is 363 g/mol. The third-order valence-corrected chi connectivity index (χ3v) is 4.28. The Bertz CT molecular complexity index is 959. The summed E-state index contributed by atoms with van der Waals surface area (Å²) in [5.41, 5.74) is 4.77. The number of aryl methyl sites for hydroxylation is 2. The van der Waals surface area contributed by atoms with Gasteiger partial charge >= 0.3 is 0 Å². The molecule has 25 heavy (non-hydrogen) atoms. The maximum absolute atomic E-state index is 12.0. The van der Waals surface area contributed by atoms with Crippen LogP contribution >= 0.6 is 23.2 Å². The maximum Gasteiger partial charge on any atom is 0.274 e. The van der Waals surface area contributed by atoms with Crippen molar-refractivity contribution < 1.29 is 9.21 Å². The number of para-hydroxylation sites is 1. The number of hydrogen-bond donors (Lipinski definition) is 1. The number of nitrogens with one attached hydrogen (secondary N) is 1. The van der Waals surface area contributed by atoms with Gasteiger partial charge in [-0.1, -0.05) is 35.3 Å². The van der Waals surface area contributed by atoms with Crippen molar-refractivity contribution in [3.8, 4) is 5.69 Å². The molecule has 0 aliphatic rings. The van der Waals surface area contributed by atoms with Crippen LogP contribution in [0.3, 0.4) is 0 Å². The van der Waals surface area contributed by atoms with Crippen LogP contribution in [0.2, 0.25) is 10.2 Å². The highest BCUT2D eigenvalue weighted by Gasteiger charge is 2.15. The minimum Gasteiger partial charge on any atom is -0.469 e. The van der Waals surface area contributed by atoms with Crippen LogP contribution in [0.25, 0.3) is 5.69 Å². The first-order valence-electron chi connectivity index (χ1n) is 7.36. The second-order valence-electron chi connectivity index (χ2n) is 5.24. The van der Waals surface area contributed by atoms with Gasteiger partial charge in [0.25, 0.3) is 5.91 Å². The van der Waals surface area contributed by atoms with Gasteiger partial charge < -0.3 is 4.42 Å². The number of benzene rings is 1. The number of aromatic nitrogens is 2. The molecule has 1 N–H and O–H groups in total. The first kappa shape index (κ1) is 17.3. The van der Waals surface area contributed by atoms with E-state index in [0.717, 1.165) is 0 Å². The van der Waals surface area contributed by atoms with Gasteiger partial charge in [0, 0.05) is 0 Å². The first-order chi connectivity index (χ1) is 12.0. The number of carbonyl (C=O) groups is 1. The second kappa shape index (κ2) is 7.13. The number of amides is 1. The fourth-order valence-electron chi connectivity index (χ4n) is 2.28. The normalized spacial score (nSPS) is 11.2. The highest BCUT2D eigenvalue weighted by atomic mass is 35.5. The lowest BCUT2D eigenvalue weighted by atomic mass is 10.2. The van der Waals surface area contributed by atoms with Crippen LogP contribution in [0.4, 0.5) is 0 Å². The van der Waals surface area contributed by atoms with Crippen LogP contribution in [0.5, 0.6) is 0 Å². The van der Waals surface area contributed by atoms with Crippen LogP contribution in [-0.2, 0) is 0 Å². The SMILES string of the molecule is Cc1nn(-c2ccccc2Cl)c(Cl)c1/C=N/NC(=O)c1ccoc1C. The molecule has 2 heterocycles.